The summed E-state index contributed by atoms with van der Waals surface area (Å²) in [5.41, 5.74) is 0. The Bertz CT molecular complexity index is 189. The van der Waals surface area contributed by atoms with Crippen molar-refractivity contribution < 1.29 is 19.7 Å². The molecule has 1 fully saturated rings. The standard InChI is InChI=1S/C8H13NO4/c1-2-5-9(8(10)11)7-4-3-6-12-13-7/h2,7H,1,3-6H2,(H,10,11). The van der Waals surface area contributed by atoms with E-state index in [0.717, 1.165) is 11.3 Å². The molecule has 0 radical (unpaired) electrons. The average molecular weight is 187 g/mol. The van der Waals surface area contributed by atoms with Gasteiger partial charge in [-0.25, -0.2) is 14.6 Å². The van der Waals surface area contributed by atoms with Crippen LogP contribution in [0.5, 0.6) is 0 Å². The van der Waals surface area contributed by atoms with Crippen LogP contribution in [0.15, 0.2) is 12.7 Å². The fourth-order valence-electron chi connectivity index (χ4n) is 1.16. The molecule has 0 bridgehead atoms. The van der Waals surface area contributed by atoms with Gasteiger partial charge in [0.15, 0.2) is 6.23 Å². The van der Waals surface area contributed by atoms with Crippen LogP contribution in [0.2, 0.25) is 0 Å². The van der Waals surface area contributed by atoms with E-state index in [-0.39, 0.29) is 6.54 Å². The molecule has 0 saturated carbocycles. The third kappa shape index (κ3) is 2.71. The van der Waals surface area contributed by atoms with Gasteiger partial charge in [0, 0.05) is 6.54 Å². The highest BCUT2D eigenvalue weighted by molar-refractivity contribution is 5.65. The fraction of sp³-hybridized carbons (Fsp3) is 0.625. The summed E-state index contributed by atoms with van der Waals surface area (Å²) in [6.45, 7) is 4.26. The first-order valence-electron chi connectivity index (χ1n) is 4.14. The summed E-state index contributed by atoms with van der Waals surface area (Å²) >= 11 is 0. The molecule has 0 spiro atoms. The second-order valence-electron chi connectivity index (χ2n) is 2.74. The molecule has 1 aliphatic rings. The molecule has 1 atom stereocenters. The third-order valence-electron chi connectivity index (χ3n) is 1.78. The van der Waals surface area contributed by atoms with Gasteiger partial charge in [-0.2, -0.15) is 0 Å². The second-order valence-corrected chi connectivity index (χ2v) is 2.74. The number of hydrogen-bond acceptors (Lipinski definition) is 3. The van der Waals surface area contributed by atoms with E-state index >= 15 is 0 Å². The van der Waals surface area contributed by atoms with E-state index in [1.807, 2.05) is 0 Å². The van der Waals surface area contributed by atoms with Crippen molar-refractivity contribution in [1.82, 2.24) is 4.90 Å². The molecular weight excluding hydrogens is 174 g/mol. The van der Waals surface area contributed by atoms with Crippen LogP contribution in [0.4, 0.5) is 4.79 Å². The van der Waals surface area contributed by atoms with Gasteiger partial charge < -0.3 is 5.11 Å². The Balaban J connectivity index is 2.51. The molecule has 0 aromatic carbocycles. The van der Waals surface area contributed by atoms with Crippen molar-refractivity contribution in [2.75, 3.05) is 13.2 Å². The number of hydrogen-bond donors (Lipinski definition) is 1. The van der Waals surface area contributed by atoms with Crippen LogP contribution in [-0.4, -0.2) is 35.5 Å². The highest BCUT2D eigenvalue weighted by Gasteiger charge is 2.25. The highest BCUT2D eigenvalue weighted by Crippen LogP contribution is 2.14. The Morgan fingerprint density at radius 3 is 3.00 bits per heavy atom. The summed E-state index contributed by atoms with van der Waals surface area (Å²) in [5, 5.41) is 8.80. The minimum Gasteiger partial charge on any atom is -0.465 e. The van der Waals surface area contributed by atoms with Crippen molar-refractivity contribution in [3.8, 4) is 0 Å². The minimum absolute atomic E-state index is 0.253. The van der Waals surface area contributed by atoms with Gasteiger partial charge >= 0.3 is 6.09 Å². The summed E-state index contributed by atoms with van der Waals surface area (Å²) in [6.07, 6.45) is 1.48. The van der Waals surface area contributed by atoms with Gasteiger partial charge in [0.1, 0.15) is 0 Å². The Morgan fingerprint density at radius 1 is 1.77 bits per heavy atom. The lowest BCUT2D eigenvalue weighted by molar-refractivity contribution is -0.366. The third-order valence-corrected chi connectivity index (χ3v) is 1.78. The van der Waals surface area contributed by atoms with E-state index < -0.39 is 12.3 Å². The Labute approximate surface area is 76.5 Å². The minimum atomic E-state index is -1.02. The zero-order valence-corrected chi connectivity index (χ0v) is 7.31. The Kier molecular flexibility index (Phi) is 3.72. The van der Waals surface area contributed by atoms with Crippen LogP contribution < -0.4 is 0 Å². The van der Waals surface area contributed by atoms with Gasteiger partial charge in [-0.3, -0.25) is 4.90 Å². The lowest BCUT2D eigenvalue weighted by Gasteiger charge is -2.29. The van der Waals surface area contributed by atoms with Crippen molar-refractivity contribution in [1.29, 1.82) is 0 Å². The first kappa shape index (κ1) is 10.0. The Morgan fingerprint density at radius 2 is 2.54 bits per heavy atom. The number of carbonyl (C=O) groups is 1. The van der Waals surface area contributed by atoms with Crippen molar-refractivity contribution in [3.63, 3.8) is 0 Å². The van der Waals surface area contributed by atoms with E-state index in [0.29, 0.717) is 13.0 Å². The largest absolute Gasteiger partial charge is 0.465 e. The molecule has 1 amide bonds. The zero-order valence-electron chi connectivity index (χ0n) is 7.31. The van der Waals surface area contributed by atoms with Crippen LogP contribution in [-0.2, 0) is 9.78 Å². The normalized spacial score (nSPS) is 22.3. The predicted molar refractivity (Wildman–Crippen MR) is 45.0 cm³/mol. The summed E-state index contributed by atoms with van der Waals surface area (Å²) in [4.78, 5) is 21.5. The maximum atomic E-state index is 10.7. The van der Waals surface area contributed by atoms with Crippen molar-refractivity contribution in [3.05, 3.63) is 12.7 Å². The topological polar surface area (TPSA) is 59.0 Å². The summed E-state index contributed by atoms with van der Waals surface area (Å²) in [7, 11) is 0. The monoisotopic (exact) mass is 187 g/mol. The number of carboxylic acid groups (broad SMARTS) is 1. The molecule has 1 heterocycles. The molecule has 1 saturated heterocycles. The molecule has 1 rings (SSSR count). The maximum Gasteiger partial charge on any atom is 0.409 e. The number of nitrogens with zero attached hydrogens (tertiary/aromatic N) is 1. The molecule has 0 aromatic heterocycles. The molecule has 0 aliphatic carbocycles. The van der Waals surface area contributed by atoms with Gasteiger partial charge in [0.2, 0.25) is 0 Å². The summed E-state index contributed by atoms with van der Waals surface area (Å²) in [5.74, 6) is 0. The van der Waals surface area contributed by atoms with Crippen LogP contribution in [0.25, 0.3) is 0 Å². The molecule has 74 valence electrons. The van der Waals surface area contributed by atoms with Crippen LogP contribution in [0.3, 0.4) is 0 Å². The smallest absolute Gasteiger partial charge is 0.409 e. The Hall–Kier alpha value is -1.07. The van der Waals surface area contributed by atoms with Gasteiger partial charge in [-0.05, 0) is 12.8 Å². The fourth-order valence-corrected chi connectivity index (χ4v) is 1.16. The molecule has 13 heavy (non-hydrogen) atoms. The number of amides is 1. The second kappa shape index (κ2) is 4.84. The molecule has 1 N–H and O–H groups in total. The molecule has 5 heteroatoms. The van der Waals surface area contributed by atoms with E-state index in [2.05, 4.69) is 6.58 Å². The van der Waals surface area contributed by atoms with Crippen LogP contribution in [0.1, 0.15) is 12.8 Å². The van der Waals surface area contributed by atoms with E-state index in [9.17, 15) is 4.79 Å². The summed E-state index contributed by atoms with van der Waals surface area (Å²) < 4.78 is 0. The van der Waals surface area contributed by atoms with E-state index in [1.165, 1.54) is 6.08 Å². The lowest BCUT2D eigenvalue weighted by atomic mass is 10.2. The van der Waals surface area contributed by atoms with Gasteiger partial charge in [-0.15, -0.1) is 6.58 Å². The average Bonchev–Trinajstić information content (AvgIpc) is 2.15. The van der Waals surface area contributed by atoms with Gasteiger partial charge in [0.25, 0.3) is 0 Å². The van der Waals surface area contributed by atoms with Gasteiger partial charge in [-0.1, -0.05) is 6.08 Å². The van der Waals surface area contributed by atoms with Crippen molar-refractivity contribution in [2.24, 2.45) is 0 Å². The van der Waals surface area contributed by atoms with Crippen LogP contribution in [0, 0.1) is 0 Å². The lowest BCUT2D eigenvalue weighted by Crippen LogP contribution is -2.43. The van der Waals surface area contributed by atoms with Crippen LogP contribution >= 0.6 is 0 Å². The molecule has 0 aromatic rings. The molecule has 1 unspecified atom stereocenters. The predicted octanol–water partition coefficient (Wildman–Crippen LogP) is 1.22. The molecule has 1 aliphatic heterocycles. The highest BCUT2D eigenvalue weighted by atomic mass is 17.2. The quantitative estimate of drug-likeness (QED) is 0.533. The zero-order chi connectivity index (χ0) is 9.68. The SMILES string of the molecule is C=CCN(C(=O)O)C1CCCOO1. The first-order valence-corrected chi connectivity index (χ1v) is 4.14. The first-order chi connectivity index (χ1) is 6.25. The van der Waals surface area contributed by atoms with E-state index in [1.54, 1.807) is 0 Å². The molecule has 5 nitrogen and oxygen atoms in total. The summed E-state index contributed by atoms with van der Waals surface area (Å²) in [6, 6.07) is 0. The number of rotatable bonds is 3. The van der Waals surface area contributed by atoms with E-state index in [4.69, 9.17) is 14.9 Å². The maximum absolute atomic E-state index is 10.7. The van der Waals surface area contributed by atoms with Crippen molar-refractivity contribution in [2.45, 2.75) is 19.1 Å². The molecular formula is C8H13NO4. The van der Waals surface area contributed by atoms with Crippen molar-refractivity contribution >= 4 is 6.09 Å². The van der Waals surface area contributed by atoms with Gasteiger partial charge in [0.05, 0.1) is 6.61 Å².